The molecule has 14 nitrogen and oxygen atoms in total. The van der Waals surface area contributed by atoms with Gasteiger partial charge in [-0.2, -0.15) is 0 Å². The molecule has 1 heterocycles. The fourth-order valence-electron chi connectivity index (χ4n) is 6.26. The zero-order valence-corrected chi connectivity index (χ0v) is 27.4. The second kappa shape index (κ2) is 13.1. The molecule has 48 heavy (non-hydrogen) atoms. The summed E-state index contributed by atoms with van der Waals surface area (Å²) in [7, 11) is 3.93. The van der Waals surface area contributed by atoms with Crippen LogP contribution in [-0.2, 0) is 34.1 Å². The molecule has 3 aromatic carbocycles. The van der Waals surface area contributed by atoms with Crippen LogP contribution in [0.15, 0.2) is 42.5 Å². The van der Waals surface area contributed by atoms with Crippen molar-refractivity contribution in [1.29, 1.82) is 0 Å². The van der Waals surface area contributed by atoms with E-state index in [-0.39, 0.29) is 45.4 Å². The van der Waals surface area contributed by atoms with Crippen LogP contribution in [0.1, 0.15) is 57.4 Å². The minimum Gasteiger partial charge on any atom is -0.504 e. The Morgan fingerprint density at radius 2 is 1.23 bits per heavy atom. The molecule has 2 N–H and O–H groups in total. The van der Waals surface area contributed by atoms with Gasteiger partial charge in [0.2, 0.25) is 5.60 Å². The van der Waals surface area contributed by atoms with Gasteiger partial charge in [0.1, 0.15) is 45.7 Å². The highest BCUT2D eigenvalue weighted by molar-refractivity contribution is 6.07. The molecule has 1 unspecified atom stereocenters. The Labute approximate surface area is 275 Å². The van der Waals surface area contributed by atoms with Gasteiger partial charge in [-0.3, -0.25) is 24.0 Å². The molecule has 4 rings (SSSR count). The highest BCUT2D eigenvalue weighted by Gasteiger charge is 2.73. The van der Waals surface area contributed by atoms with Gasteiger partial charge in [0.05, 0.1) is 32.5 Å². The van der Waals surface area contributed by atoms with Gasteiger partial charge >= 0.3 is 17.9 Å². The van der Waals surface area contributed by atoms with Gasteiger partial charge in [0, 0.05) is 50.6 Å². The summed E-state index contributed by atoms with van der Waals surface area (Å²) in [5, 5.41) is 20.7. The van der Waals surface area contributed by atoms with E-state index >= 15 is 0 Å². The third-order valence-corrected chi connectivity index (χ3v) is 7.85. The van der Waals surface area contributed by atoms with E-state index in [0.29, 0.717) is 0 Å². The van der Waals surface area contributed by atoms with E-state index in [1.165, 1.54) is 45.6 Å². The maximum absolute atomic E-state index is 14.8. The largest absolute Gasteiger partial charge is 0.504 e. The van der Waals surface area contributed by atoms with Crippen LogP contribution in [0.2, 0.25) is 0 Å². The number of fused-ring (bicyclic) bond motifs is 1. The van der Waals surface area contributed by atoms with Gasteiger partial charge in [0.25, 0.3) is 0 Å². The second-order valence-corrected chi connectivity index (χ2v) is 10.8. The van der Waals surface area contributed by atoms with Gasteiger partial charge in [-0.15, -0.1) is 0 Å². The Bertz CT molecular complexity index is 1800. The fraction of sp³-hybridized carbons (Fsp3) is 0.324. The van der Waals surface area contributed by atoms with Crippen LogP contribution in [0.5, 0.6) is 46.0 Å². The van der Waals surface area contributed by atoms with Gasteiger partial charge in [-0.1, -0.05) is 6.07 Å². The summed E-state index contributed by atoms with van der Waals surface area (Å²) in [5.74, 6) is -6.43. The van der Waals surface area contributed by atoms with Crippen molar-refractivity contribution in [3.8, 4) is 46.0 Å². The predicted octanol–water partition coefficient (Wildman–Crippen LogP) is 3.87. The number of phenols is 2. The average Bonchev–Trinajstić information content (AvgIpc) is 3.00. The molecule has 3 atom stereocenters. The van der Waals surface area contributed by atoms with Gasteiger partial charge in [-0.05, 0) is 26.0 Å². The van der Waals surface area contributed by atoms with Gasteiger partial charge in [-0.25, -0.2) is 0 Å². The van der Waals surface area contributed by atoms with E-state index in [1.807, 2.05) is 0 Å². The minimum atomic E-state index is -2.73. The fourth-order valence-corrected chi connectivity index (χ4v) is 6.26. The minimum absolute atomic E-state index is 0.0450. The molecule has 0 saturated carbocycles. The van der Waals surface area contributed by atoms with Crippen molar-refractivity contribution < 1.29 is 67.3 Å². The number of hydrogen-bond acceptors (Lipinski definition) is 14. The Morgan fingerprint density at radius 3 is 1.69 bits per heavy atom. The number of carbonyl (C=O) groups is 5. The lowest BCUT2D eigenvalue weighted by Crippen LogP contribution is -2.68. The summed E-state index contributed by atoms with van der Waals surface area (Å²) in [6.07, 6.45) is -1.78. The van der Waals surface area contributed by atoms with Crippen LogP contribution in [-0.4, -0.2) is 66.6 Å². The third kappa shape index (κ3) is 5.58. The first-order valence-corrected chi connectivity index (χ1v) is 14.3. The number of benzene rings is 3. The number of esters is 3. The van der Waals surface area contributed by atoms with Crippen LogP contribution < -0.4 is 28.4 Å². The van der Waals surface area contributed by atoms with Crippen LogP contribution in [0.3, 0.4) is 0 Å². The molecule has 0 amide bonds. The molecule has 0 aromatic heterocycles. The van der Waals surface area contributed by atoms with E-state index < -0.39 is 63.8 Å². The first kappa shape index (κ1) is 35.1. The smallest absolute Gasteiger partial charge is 0.308 e. The second-order valence-electron chi connectivity index (χ2n) is 10.8. The number of hydrogen-bond donors (Lipinski definition) is 2. The monoisotopic (exact) mass is 666 g/mol. The number of Topliss-reactive ketones (excluding diaryl/α,β-unsaturated/α-hetero) is 2. The first-order valence-electron chi connectivity index (χ1n) is 14.3. The number of methoxy groups -OCH3 is 3. The number of rotatable bonds is 10. The van der Waals surface area contributed by atoms with Crippen LogP contribution in [0.25, 0.3) is 0 Å². The van der Waals surface area contributed by atoms with Gasteiger partial charge in [0.15, 0.2) is 23.4 Å². The molecule has 0 radical (unpaired) electrons. The van der Waals surface area contributed by atoms with E-state index in [0.717, 1.165) is 52.8 Å². The van der Waals surface area contributed by atoms with Crippen molar-refractivity contribution in [2.75, 3.05) is 21.3 Å². The maximum atomic E-state index is 14.8. The molecular formula is C34H34O14. The quantitative estimate of drug-likeness (QED) is 0.180. The molecule has 14 heteroatoms. The van der Waals surface area contributed by atoms with E-state index in [9.17, 15) is 34.2 Å². The van der Waals surface area contributed by atoms with Crippen LogP contribution in [0, 0.1) is 0 Å². The van der Waals surface area contributed by atoms with Crippen molar-refractivity contribution in [2.45, 2.75) is 51.7 Å². The number of ketones is 2. The van der Waals surface area contributed by atoms with Crippen molar-refractivity contribution >= 4 is 29.5 Å². The summed E-state index contributed by atoms with van der Waals surface area (Å²) in [4.78, 5) is 67.1. The number of carbonyl (C=O) groups excluding carboxylic acids is 5. The summed E-state index contributed by atoms with van der Waals surface area (Å²) < 4.78 is 40.3. The molecule has 3 aromatic rings. The lowest BCUT2D eigenvalue weighted by Gasteiger charge is -2.54. The third-order valence-electron chi connectivity index (χ3n) is 7.85. The normalized spacial score (nSPS) is 19.5. The van der Waals surface area contributed by atoms with Gasteiger partial charge < -0.3 is 43.4 Å². The summed E-state index contributed by atoms with van der Waals surface area (Å²) in [5.41, 5.74) is -5.79. The Hall–Kier alpha value is -5.79. The molecule has 1 aliphatic rings. The Balaban J connectivity index is 2.44. The SMILES string of the molecule is COc1cc(OC)c(C2(C(C)=O)c3c(OC(C)=O)cc(OC(C)=O)cc3O[C@H](c3ccc(O)c(O)c3)[C@@]2(OC(C)=O)C(C)=O)c(OC)c1. The zero-order valence-electron chi connectivity index (χ0n) is 27.4. The molecule has 1 aliphatic heterocycles. The van der Waals surface area contributed by atoms with Crippen molar-refractivity contribution in [1.82, 2.24) is 0 Å². The van der Waals surface area contributed by atoms with Crippen LogP contribution >= 0.6 is 0 Å². The summed E-state index contributed by atoms with van der Waals surface area (Å²) >= 11 is 0. The molecule has 0 saturated heterocycles. The van der Waals surface area contributed by atoms with Crippen molar-refractivity contribution in [3.05, 3.63) is 59.2 Å². The molecule has 0 spiro atoms. The van der Waals surface area contributed by atoms with E-state index in [2.05, 4.69) is 0 Å². The molecule has 0 bridgehead atoms. The summed E-state index contributed by atoms with van der Waals surface area (Å²) in [6.45, 7) is 5.38. The standard InChI is InChI=1S/C34H34O14/c1-16(35)33(30-26(43-7)12-22(42-6)13-27(30)44-8)31-28(46-19(4)38)14-23(45-18(3)37)15-29(31)47-32(21-9-10-24(40)25(41)11-21)34(33,17(2)36)48-20(5)39/h9-15,32,40-41H,1-8H3/t32-,33?,34+/m1/s1. The Morgan fingerprint density at radius 1 is 0.646 bits per heavy atom. The Kier molecular flexibility index (Phi) is 9.60. The number of phenolic OH excluding ortho intramolecular Hbond substituents is 2. The predicted molar refractivity (Wildman–Crippen MR) is 165 cm³/mol. The topological polar surface area (TPSA) is 190 Å². The molecule has 0 aliphatic carbocycles. The summed E-state index contributed by atoms with van der Waals surface area (Å²) in [6, 6.07) is 8.59. The number of aromatic hydroxyl groups is 2. The maximum Gasteiger partial charge on any atom is 0.308 e. The molecular weight excluding hydrogens is 632 g/mol. The van der Waals surface area contributed by atoms with Crippen molar-refractivity contribution in [3.63, 3.8) is 0 Å². The first-order chi connectivity index (χ1) is 22.6. The molecule has 254 valence electrons. The zero-order chi connectivity index (χ0) is 35.7. The number of ether oxygens (including phenoxy) is 7. The lowest BCUT2D eigenvalue weighted by molar-refractivity contribution is -0.192. The highest BCUT2D eigenvalue weighted by atomic mass is 16.6. The lowest BCUT2D eigenvalue weighted by atomic mass is 9.54. The van der Waals surface area contributed by atoms with Crippen LogP contribution in [0.4, 0.5) is 0 Å². The average molecular weight is 667 g/mol. The van der Waals surface area contributed by atoms with E-state index in [1.54, 1.807) is 0 Å². The molecule has 0 fully saturated rings. The van der Waals surface area contributed by atoms with Crippen molar-refractivity contribution in [2.24, 2.45) is 0 Å². The van der Waals surface area contributed by atoms with E-state index in [4.69, 9.17) is 33.2 Å². The highest BCUT2D eigenvalue weighted by Crippen LogP contribution is 2.64.